The second kappa shape index (κ2) is 7.61. The van der Waals surface area contributed by atoms with Crippen LogP contribution >= 0.6 is 0 Å². The molecular weight excluding hydrogens is 425 g/mol. The number of primary amides is 1. The van der Waals surface area contributed by atoms with E-state index in [0.717, 1.165) is 4.68 Å². The topological polar surface area (TPSA) is 110 Å². The smallest absolute Gasteiger partial charge is 0.393 e. The van der Waals surface area contributed by atoms with Gasteiger partial charge in [-0.3, -0.25) is 9.59 Å². The van der Waals surface area contributed by atoms with Gasteiger partial charge in [0, 0.05) is 18.2 Å². The number of aromatic nitrogens is 2. The summed E-state index contributed by atoms with van der Waals surface area (Å²) < 4.78 is 42.3. The summed E-state index contributed by atoms with van der Waals surface area (Å²) in [5, 5.41) is 16.8. The van der Waals surface area contributed by atoms with Gasteiger partial charge in [0.15, 0.2) is 11.5 Å². The fourth-order valence-corrected chi connectivity index (χ4v) is 4.67. The summed E-state index contributed by atoms with van der Waals surface area (Å²) in [6, 6.07) is 4.32. The van der Waals surface area contributed by atoms with Gasteiger partial charge in [0.2, 0.25) is 0 Å². The Morgan fingerprint density at radius 3 is 2.59 bits per heavy atom. The molecule has 4 N–H and O–H groups in total. The van der Waals surface area contributed by atoms with Gasteiger partial charge >= 0.3 is 6.18 Å². The molecule has 0 aliphatic heterocycles. The van der Waals surface area contributed by atoms with Crippen molar-refractivity contribution < 1.29 is 27.9 Å². The number of halogens is 3. The largest absolute Gasteiger partial charge is 0.435 e. The van der Waals surface area contributed by atoms with Gasteiger partial charge in [-0.05, 0) is 49.3 Å². The SMILES string of the molecule is CC1(C)CC(=O)c2c(C(F)(F)F)nn(-c3ccc(C(N)=O)c(N[C@@H]4CC[C@H](O)C4)c3)c2C1. The number of aliphatic hydroxyl groups is 1. The van der Waals surface area contributed by atoms with E-state index in [0.29, 0.717) is 24.9 Å². The van der Waals surface area contributed by atoms with Crippen LogP contribution in [-0.2, 0) is 12.6 Å². The summed E-state index contributed by atoms with van der Waals surface area (Å²) in [5.74, 6) is -1.27. The molecule has 10 heteroatoms. The predicted octanol–water partition coefficient (Wildman–Crippen LogP) is 3.47. The molecule has 2 atom stereocenters. The van der Waals surface area contributed by atoms with Crippen molar-refractivity contribution in [2.24, 2.45) is 11.1 Å². The second-order valence-electron chi connectivity index (χ2n) is 9.42. The van der Waals surface area contributed by atoms with Crippen molar-refractivity contribution in [2.45, 2.75) is 64.3 Å². The lowest BCUT2D eigenvalue weighted by atomic mass is 9.75. The molecule has 2 aliphatic carbocycles. The van der Waals surface area contributed by atoms with Gasteiger partial charge < -0.3 is 16.2 Å². The number of ketones is 1. The molecule has 0 unspecified atom stereocenters. The fraction of sp³-hybridized carbons (Fsp3) is 0.500. The quantitative estimate of drug-likeness (QED) is 0.661. The zero-order chi connectivity index (χ0) is 23.4. The van der Waals surface area contributed by atoms with Gasteiger partial charge in [-0.15, -0.1) is 0 Å². The minimum absolute atomic E-state index is 0.00615. The van der Waals surface area contributed by atoms with Crippen LogP contribution in [0, 0.1) is 5.41 Å². The maximum atomic E-state index is 13.7. The van der Waals surface area contributed by atoms with E-state index in [1.165, 1.54) is 18.2 Å². The highest BCUT2D eigenvalue weighted by Gasteiger charge is 2.45. The van der Waals surface area contributed by atoms with Gasteiger partial charge in [-0.25, -0.2) is 4.68 Å². The molecule has 0 saturated heterocycles. The predicted molar refractivity (Wildman–Crippen MR) is 111 cm³/mol. The Balaban J connectivity index is 1.84. The van der Waals surface area contributed by atoms with E-state index in [2.05, 4.69) is 10.4 Å². The fourth-order valence-electron chi connectivity index (χ4n) is 4.67. The molecule has 1 amide bonds. The van der Waals surface area contributed by atoms with Crippen LogP contribution in [0.2, 0.25) is 0 Å². The molecule has 172 valence electrons. The van der Waals surface area contributed by atoms with Crippen molar-refractivity contribution in [3.05, 3.63) is 40.7 Å². The number of hydrogen-bond donors (Lipinski definition) is 3. The molecule has 0 radical (unpaired) electrons. The van der Waals surface area contributed by atoms with Crippen molar-refractivity contribution in [2.75, 3.05) is 5.32 Å². The molecular formula is C22H25F3N4O3. The summed E-state index contributed by atoms with van der Waals surface area (Å²) in [6.07, 6.45) is -3.20. The maximum absolute atomic E-state index is 13.7. The zero-order valence-corrected chi connectivity index (χ0v) is 17.8. The van der Waals surface area contributed by atoms with Crippen LogP contribution in [0.15, 0.2) is 18.2 Å². The average Bonchev–Trinajstić information content (AvgIpc) is 3.24. The molecule has 7 nitrogen and oxygen atoms in total. The normalized spacial score (nSPS) is 22.6. The van der Waals surface area contributed by atoms with Crippen molar-refractivity contribution in [3.8, 4) is 5.69 Å². The molecule has 1 fully saturated rings. The number of hydrogen-bond acceptors (Lipinski definition) is 5. The van der Waals surface area contributed by atoms with E-state index in [4.69, 9.17) is 5.73 Å². The summed E-state index contributed by atoms with van der Waals surface area (Å²) in [6.45, 7) is 3.65. The summed E-state index contributed by atoms with van der Waals surface area (Å²) in [5.41, 5.74) is 4.42. The Bertz CT molecular complexity index is 1090. The number of aliphatic hydroxyl groups excluding tert-OH is 1. The monoisotopic (exact) mass is 450 g/mol. The molecule has 1 heterocycles. The third-order valence-electron chi connectivity index (χ3n) is 6.09. The highest BCUT2D eigenvalue weighted by Crippen LogP contribution is 2.42. The minimum Gasteiger partial charge on any atom is -0.393 e. The molecule has 2 aromatic rings. The molecule has 1 aromatic carbocycles. The van der Waals surface area contributed by atoms with Crippen LogP contribution in [0.1, 0.15) is 71.6 Å². The number of rotatable bonds is 4. The Labute approximate surface area is 182 Å². The van der Waals surface area contributed by atoms with Crippen LogP contribution in [-0.4, -0.2) is 38.7 Å². The van der Waals surface area contributed by atoms with Crippen LogP contribution in [0.3, 0.4) is 0 Å². The number of fused-ring (bicyclic) bond motifs is 1. The van der Waals surface area contributed by atoms with E-state index >= 15 is 0 Å². The van der Waals surface area contributed by atoms with Gasteiger partial charge in [0.25, 0.3) is 5.91 Å². The summed E-state index contributed by atoms with van der Waals surface area (Å²) in [7, 11) is 0. The van der Waals surface area contributed by atoms with E-state index in [1.54, 1.807) is 0 Å². The highest BCUT2D eigenvalue weighted by atomic mass is 19.4. The zero-order valence-electron chi connectivity index (χ0n) is 17.8. The van der Waals surface area contributed by atoms with E-state index in [1.807, 2.05) is 13.8 Å². The van der Waals surface area contributed by atoms with Gasteiger partial charge in [-0.1, -0.05) is 13.8 Å². The molecule has 4 rings (SSSR count). The van der Waals surface area contributed by atoms with Gasteiger partial charge in [0.1, 0.15) is 0 Å². The molecule has 1 aromatic heterocycles. The number of carbonyl (C=O) groups excluding carboxylic acids is 2. The number of amides is 1. The molecule has 0 spiro atoms. The first kappa shape index (κ1) is 22.3. The first-order valence-electron chi connectivity index (χ1n) is 10.5. The lowest BCUT2D eigenvalue weighted by Crippen LogP contribution is -2.29. The van der Waals surface area contributed by atoms with Crippen LogP contribution in [0.25, 0.3) is 5.69 Å². The Hall–Kier alpha value is -2.88. The highest BCUT2D eigenvalue weighted by molar-refractivity contribution is 6.00. The number of alkyl halides is 3. The second-order valence-corrected chi connectivity index (χ2v) is 9.42. The van der Waals surface area contributed by atoms with E-state index in [9.17, 15) is 27.9 Å². The summed E-state index contributed by atoms with van der Waals surface area (Å²) in [4.78, 5) is 24.6. The lowest BCUT2D eigenvalue weighted by Gasteiger charge is -2.29. The van der Waals surface area contributed by atoms with E-state index in [-0.39, 0.29) is 41.4 Å². The molecule has 32 heavy (non-hydrogen) atoms. The third-order valence-corrected chi connectivity index (χ3v) is 6.09. The van der Waals surface area contributed by atoms with Crippen molar-refractivity contribution in [1.82, 2.24) is 9.78 Å². The number of nitrogens with one attached hydrogen (secondary N) is 1. The van der Waals surface area contributed by atoms with Crippen LogP contribution in [0.4, 0.5) is 18.9 Å². The van der Waals surface area contributed by atoms with Crippen molar-refractivity contribution in [3.63, 3.8) is 0 Å². The third kappa shape index (κ3) is 4.11. The number of carbonyl (C=O) groups is 2. The van der Waals surface area contributed by atoms with Crippen molar-refractivity contribution >= 4 is 17.4 Å². The standard InChI is InChI=1S/C22H25F3N4O3/c1-21(2)9-16-18(17(31)10-21)19(22(23,24)25)28-29(16)12-4-6-14(20(26)32)15(8-12)27-11-3-5-13(30)7-11/h4,6,8,11,13,27,30H,3,5,7,9-10H2,1-2H3,(H2,26,32)/t11-,13+/m1/s1. The number of Topliss-reactive ketones (excluding diaryl/α,β-unsaturated/α-hetero) is 1. The Morgan fingerprint density at radius 2 is 2.00 bits per heavy atom. The number of benzene rings is 1. The van der Waals surface area contributed by atoms with Crippen LogP contribution < -0.4 is 11.1 Å². The molecule has 2 aliphatic rings. The van der Waals surface area contributed by atoms with Gasteiger partial charge in [-0.2, -0.15) is 18.3 Å². The van der Waals surface area contributed by atoms with E-state index < -0.39 is 35.1 Å². The Morgan fingerprint density at radius 1 is 1.28 bits per heavy atom. The number of anilines is 1. The Kier molecular flexibility index (Phi) is 5.31. The maximum Gasteiger partial charge on any atom is 0.435 e. The molecule has 1 saturated carbocycles. The number of nitrogens with two attached hydrogens (primary N) is 1. The lowest BCUT2D eigenvalue weighted by molar-refractivity contribution is -0.141. The van der Waals surface area contributed by atoms with Gasteiger partial charge in [0.05, 0.1) is 28.6 Å². The summed E-state index contributed by atoms with van der Waals surface area (Å²) >= 11 is 0. The number of nitrogens with zero attached hydrogens (tertiary/aromatic N) is 2. The average molecular weight is 450 g/mol. The minimum atomic E-state index is -4.78. The first-order valence-corrected chi connectivity index (χ1v) is 10.5. The van der Waals surface area contributed by atoms with Crippen LogP contribution in [0.5, 0.6) is 0 Å². The first-order chi connectivity index (χ1) is 14.9. The molecule has 0 bridgehead atoms. The van der Waals surface area contributed by atoms with Crippen molar-refractivity contribution in [1.29, 1.82) is 0 Å².